The Morgan fingerprint density at radius 1 is 1.08 bits per heavy atom. The summed E-state index contributed by atoms with van der Waals surface area (Å²) >= 11 is 0. The maximum atomic E-state index is 10.6. The fourth-order valence-electron chi connectivity index (χ4n) is 2.92. The number of aromatic nitrogens is 4. The molecular weight excluding hydrogens is 326 g/mol. The maximum absolute atomic E-state index is 10.6. The van der Waals surface area contributed by atoms with Crippen molar-refractivity contribution >= 4 is 23.6 Å². The van der Waals surface area contributed by atoms with Crippen molar-refractivity contribution in [1.29, 1.82) is 0 Å². The molecule has 4 aromatic rings. The molecule has 0 spiro atoms. The Morgan fingerprint density at radius 2 is 1.92 bits per heavy atom. The van der Waals surface area contributed by atoms with Gasteiger partial charge in [-0.2, -0.15) is 0 Å². The molecule has 0 radical (unpaired) electrons. The third-order valence-electron chi connectivity index (χ3n) is 4.13. The van der Waals surface area contributed by atoms with Crippen LogP contribution >= 0.6 is 0 Å². The Kier molecular flexibility index (Phi) is 4.15. The van der Waals surface area contributed by atoms with Crippen LogP contribution in [0.25, 0.3) is 17.0 Å². The van der Waals surface area contributed by atoms with Gasteiger partial charge in [0, 0.05) is 24.5 Å². The topological polar surface area (TPSA) is 72.2 Å². The van der Waals surface area contributed by atoms with Gasteiger partial charge >= 0.3 is 0 Å². The van der Waals surface area contributed by atoms with Gasteiger partial charge in [0.05, 0.1) is 17.1 Å². The van der Waals surface area contributed by atoms with Crippen LogP contribution in [0.5, 0.6) is 0 Å². The lowest BCUT2D eigenvalue weighted by molar-refractivity contribution is -0.107. The van der Waals surface area contributed by atoms with E-state index >= 15 is 0 Å². The van der Waals surface area contributed by atoms with Crippen LogP contribution < -0.4 is 5.32 Å². The molecule has 0 amide bonds. The second kappa shape index (κ2) is 6.76. The summed E-state index contributed by atoms with van der Waals surface area (Å²) in [4.78, 5) is 24.1. The number of hydrogen-bond donors (Lipinski definition) is 1. The summed E-state index contributed by atoms with van der Waals surface area (Å²) in [5.74, 6) is 0.510. The van der Waals surface area contributed by atoms with Crippen LogP contribution in [0.1, 0.15) is 11.3 Å². The second-order valence-electron chi connectivity index (χ2n) is 5.93. The lowest BCUT2D eigenvalue weighted by Crippen LogP contribution is -1.99. The molecule has 3 heterocycles. The van der Waals surface area contributed by atoms with Crippen molar-refractivity contribution < 1.29 is 4.79 Å². The van der Waals surface area contributed by atoms with Crippen LogP contribution in [-0.2, 0) is 11.2 Å². The molecule has 0 fully saturated rings. The highest BCUT2D eigenvalue weighted by Gasteiger charge is 2.12. The molecule has 26 heavy (non-hydrogen) atoms. The summed E-state index contributed by atoms with van der Waals surface area (Å²) in [6.07, 6.45) is 5.02. The Labute approximate surface area is 150 Å². The van der Waals surface area contributed by atoms with Crippen molar-refractivity contribution in [2.24, 2.45) is 0 Å². The molecule has 0 saturated heterocycles. The molecule has 0 bridgehead atoms. The van der Waals surface area contributed by atoms with Crippen molar-refractivity contribution in [3.05, 3.63) is 72.2 Å². The number of aldehydes is 1. The van der Waals surface area contributed by atoms with E-state index in [-0.39, 0.29) is 0 Å². The number of fused-ring (bicyclic) bond motifs is 1. The maximum Gasteiger partial charge on any atom is 0.227 e. The van der Waals surface area contributed by atoms with Crippen molar-refractivity contribution in [1.82, 2.24) is 19.4 Å². The molecule has 6 heteroatoms. The second-order valence-corrected chi connectivity index (χ2v) is 5.93. The van der Waals surface area contributed by atoms with E-state index in [1.54, 1.807) is 6.20 Å². The minimum absolute atomic E-state index is 0.416. The highest BCUT2D eigenvalue weighted by Crippen LogP contribution is 2.24. The number of rotatable bonds is 5. The van der Waals surface area contributed by atoms with Gasteiger partial charge in [0.2, 0.25) is 5.95 Å². The number of hydrogen-bond acceptors (Lipinski definition) is 5. The van der Waals surface area contributed by atoms with Gasteiger partial charge in [0.1, 0.15) is 11.9 Å². The van der Waals surface area contributed by atoms with E-state index in [2.05, 4.69) is 20.3 Å². The SMILES string of the molecule is Cc1nc2ccccn2c1-c1ccnc(Nc2ccc(CC=O)cc2)n1. The minimum atomic E-state index is 0.416. The van der Waals surface area contributed by atoms with Gasteiger partial charge in [-0.15, -0.1) is 0 Å². The number of carbonyl (C=O) groups is 1. The first-order valence-corrected chi connectivity index (χ1v) is 8.31. The lowest BCUT2D eigenvalue weighted by Gasteiger charge is -2.08. The van der Waals surface area contributed by atoms with E-state index in [1.165, 1.54) is 0 Å². The summed E-state index contributed by atoms with van der Waals surface area (Å²) < 4.78 is 2.02. The number of nitrogens with one attached hydrogen (secondary N) is 1. The molecule has 0 unspecified atom stereocenters. The van der Waals surface area contributed by atoms with Crippen molar-refractivity contribution in [2.75, 3.05) is 5.32 Å². The highest BCUT2D eigenvalue weighted by atomic mass is 16.1. The zero-order valence-electron chi connectivity index (χ0n) is 14.3. The number of anilines is 2. The van der Waals surface area contributed by atoms with Gasteiger partial charge in [-0.1, -0.05) is 18.2 Å². The molecule has 6 nitrogen and oxygen atoms in total. The number of nitrogens with zero attached hydrogens (tertiary/aromatic N) is 4. The Bertz CT molecular complexity index is 1070. The molecular formula is C20H17N5O. The van der Waals surface area contributed by atoms with Gasteiger partial charge < -0.3 is 10.1 Å². The first kappa shape index (κ1) is 16.0. The first-order valence-electron chi connectivity index (χ1n) is 8.31. The Morgan fingerprint density at radius 3 is 2.73 bits per heavy atom. The molecule has 0 saturated carbocycles. The van der Waals surface area contributed by atoms with Crippen molar-refractivity contribution in [3.8, 4) is 11.4 Å². The molecule has 4 rings (SSSR count). The quantitative estimate of drug-likeness (QED) is 0.561. The number of carbonyl (C=O) groups excluding carboxylic acids is 1. The van der Waals surface area contributed by atoms with Crippen LogP contribution in [0.3, 0.4) is 0 Å². The number of aryl methyl sites for hydroxylation is 1. The van der Waals surface area contributed by atoms with E-state index in [0.717, 1.165) is 40.3 Å². The van der Waals surface area contributed by atoms with E-state index < -0.39 is 0 Å². The Balaban J connectivity index is 1.66. The van der Waals surface area contributed by atoms with E-state index in [0.29, 0.717) is 12.4 Å². The predicted octanol–water partition coefficient (Wildman–Crippen LogP) is 3.58. The molecule has 3 aromatic heterocycles. The zero-order chi connectivity index (χ0) is 17.9. The molecule has 0 aliphatic rings. The normalized spacial score (nSPS) is 10.8. The van der Waals surface area contributed by atoms with Crippen LogP contribution in [0, 0.1) is 6.92 Å². The van der Waals surface area contributed by atoms with Gasteiger partial charge in [-0.3, -0.25) is 4.40 Å². The smallest absolute Gasteiger partial charge is 0.227 e. The molecule has 1 aromatic carbocycles. The third kappa shape index (κ3) is 3.04. The highest BCUT2D eigenvalue weighted by molar-refractivity contribution is 5.65. The number of imidazole rings is 1. The molecule has 128 valence electrons. The van der Waals surface area contributed by atoms with Crippen molar-refractivity contribution in [3.63, 3.8) is 0 Å². The first-order chi connectivity index (χ1) is 12.7. The van der Waals surface area contributed by atoms with E-state index in [9.17, 15) is 4.79 Å². The third-order valence-corrected chi connectivity index (χ3v) is 4.13. The Hall–Kier alpha value is -3.54. The molecule has 0 aliphatic heterocycles. The average Bonchev–Trinajstić information content (AvgIpc) is 2.99. The van der Waals surface area contributed by atoms with Crippen LogP contribution in [0.4, 0.5) is 11.6 Å². The molecule has 0 aliphatic carbocycles. The number of pyridine rings is 1. The predicted molar refractivity (Wildman–Crippen MR) is 100 cm³/mol. The largest absolute Gasteiger partial charge is 0.324 e. The lowest BCUT2D eigenvalue weighted by atomic mass is 10.1. The minimum Gasteiger partial charge on any atom is -0.324 e. The standard InChI is InChI=1S/C20H17N5O/c1-14-19(25-12-3-2-4-18(25)22-14)17-9-11-21-20(24-17)23-16-7-5-15(6-8-16)10-13-26/h2-9,11-13H,10H2,1H3,(H,21,23,24). The van der Waals surface area contributed by atoms with Crippen molar-refractivity contribution in [2.45, 2.75) is 13.3 Å². The van der Waals surface area contributed by atoms with E-state index in [4.69, 9.17) is 0 Å². The fraction of sp³-hybridized carbons (Fsp3) is 0.100. The van der Waals surface area contributed by atoms with Gasteiger partial charge in [-0.05, 0) is 42.8 Å². The fourth-order valence-corrected chi connectivity index (χ4v) is 2.92. The van der Waals surface area contributed by atoms with Gasteiger partial charge in [-0.25, -0.2) is 15.0 Å². The monoisotopic (exact) mass is 343 g/mol. The summed E-state index contributed by atoms with van der Waals surface area (Å²) in [5, 5.41) is 3.20. The summed E-state index contributed by atoms with van der Waals surface area (Å²) in [6.45, 7) is 1.98. The van der Waals surface area contributed by atoms with Gasteiger partial charge in [0.25, 0.3) is 0 Å². The van der Waals surface area contributed by atoms with Gasteiger partial charge in [0.15, 0.2) is 0 Å². The molecule has 1 N–H and O–H groups in total. The average molecular weight is 343 g/mol. The molecule has 0 atom stereocenters. The summed E-state index contributed by atoms with van der Waals surface area (Å²) in [5.41, 5.74) is 5.40. The summed E-state index contributed by atoms with van der Waals surface area (Å²) in [7, 11) is 0. The van der Waals surface area contributed by atoms with E-state index in [1.807, 2.05) is 66.1 Å². The van der Waals surface area contributed by atoms with Crippen LogP contribution in [-0.4, -0.2) is 25.6 Å². The summed E-state index contributed by atoms with van der Waals surface area (Å²) in [6, 6.07) is 15.4. The van der Waals surface area contributed by atoms with Crippen LogP contribution in [0.2, 0.25) is 0 Å². The zero-order valence-corrected chi connectivity index (χ0v) is 14.3. The number of benzene rings is 1. The van der Waals surface area contributed by atoms with Crippen LogP contribution in [0.15, 0.2) is 60.9 Å².